The number of allylic oxidation sites excluding steroid dienone is 3. The van der Waals surface area contributed by atoms with Gasteiger partial charge in [-0.2, -0.15) is 0 Å². The van der Waals surface area contributed by atoms with E-state index in [1.807, 2.05) is 0 Å². The molecule has 0 bridgehead atoms. The minimum atomic E-state index is -0.645. The lowest BCUT2D eigenvalue weighted by molar-refractivity contribution is -0.150. The Bertz CT molecular complexity index is 737. The van der Waals surface area contributed by atoms with Crippen LogP contribution in [0.5, 0.6) is 0 Å². The standard InChI is InChI=1S/C21H33N5O3/c1-12-6-7-18(16-9-17(10-16)25-15(4)27)26(11-12)21(29)20(28)24-14(3)8-13(2)19(22)23-5/h8,12,16-18H,5-7,9-11,22H2,1-4H3,(H,24,28)(H,25,27)/b14-8+,19-13-/t12-,16-,17-,18-/m1/s1. The highest BCUT2D eigenvalue weighted by Crippen LogP contribution is 2.38. The quantitative estimate of drug-likeness (QED) is 0.366. The average molecular weight is 404 g/mol. The molecule has 1 heterocycles. The molecule has 2 rings (SSSR count). The molecule has 0 aromatic heterocycles. The van der Waals surface area contributed by atoms with Crippen LogP contribution in [0.15, 0.2) is 28.2 Å². The second-order valence-corrected chi connectivity index (χ2v) is 8.34. The predicted molar refractivity (Wildman–Crippen MR) is 113 cm³/mol. The van der Waals surface area contributed by atoms with Gasteiger partial charge >= 0.3 is 11.8 Å². The maximum absolute atomic E-state index is 12.9. The Morgan fingerprint density at radius 2 is 1.83 bits per heavy atom. The predicted octanol–water partition coefficient (Wildman–Crippen LogP) is 1.44. The Morgan fingerprint density at radius 1 is 1.17 bits per heavy atom. The molecule has 0 unspecified atom stereocenters. The lowest BCUT2D eigenvalue weighted by Crippen LogP contribution is -2.58. The number of nitrogens with one attached hydrogen (secondary N) is 2. The van der Waals surface area contributed by atoms with Crippen molar-refractivity contribution in [3.63, 3.8) is 0 Å². The van der Waals surface area contributed by atoms with Gasteiger partial charge in [-0.05, 0) is 69.7 Å². The lowest BCUT2D eigenvalue weighted by atomic mass is 9.71. The van der Waals surface area contributed by atoms with Gasteiger partial charge in [0.15, 0.2) is 0 Å². The minimum absolute atomic E-state index is 0.0306. The van der Waals surface area contributed by atoms with Gasteiger partial charge in [-0.15, -0.1) is 0 Å². The molecule has 0 aromatic rings. The van der Waals surface area contributed by atoms with E-state index in [0.29, 0.717) is 29.7 Å². The molecule has 2 fully saturated rings. The zero-order valence-electron chi connectivity index (χ0n) is 17.8. The molecule has 0 radical (unpaired) electrons. The third-order valence-corrected chi connectivity index (χ3v) is 5.76. The van der Waals surface area contributed by atoms with Gasteiger partial charge in [0.2, 0.25) is 5.91 Å². The topological polar surface area (TPSA) is 117 Å². The first-order chi connectivity index (χ1) is 13.6. The first kappa shape index (κ1) is 22.6. The second-order valence-electron chi connectivity index (χ2n) is 8.34. The maximum atomic E-state index is 12.9. The number of amides is 3. The van der Waals surface area contributed by atoms with Crippen LogP contribution in [-0.4, -0.2) is 48.0 Å². The van der Waals surface area contributed by atoms with Crippen molar-refractivity contribution in [1.29, 1.82) is 0 Å². The van der Waals surface area contributed by atoms with Gasteiger partial charge in [0.05, 0.1) is 0 Å². The second kappa shape index (κ2) is 9.71. The number of nitrogens with zero attached hydrogens (tertiary/aromatic N) is 2. The molecule has 1 saturated heterocycles. The van der Waals surface area contributed by atoms with Gasteiger partial charge in [-0.3, -0.25) is 14.4 Å². The van der Waals surface area contributed by atoms with Gasteiger partial charge in [-0.25, -0.2) is 4.99 Å². The van der Waals surface area contributed by atoms with Crippen LogP contribution in [-0.2, 0) is 14.4 Å². The van der Waals surface area contributed by atoms with Crippen molar-refractivity contribution < 1.29 is 14.4 Å². The number of hydrogen-bond acceptors (Lipinski definition) is 5. The van der Waals surface area contributed by atoms with Crippen LogP contribution in [0.2, 0.25) is 0 Å². The molecular formula is C21H33N5O3. The van der Waals surface area contributed by atoms with Crippen molar-refractivity contribution in [3.8, 4) is 0 Å². The van der Waals surface area contributed by atoms with Gasteiger partial charge in [0, 0.05) is 31.2 Å². The molecule has 8 nitrogen and oxygen atoms in total. The number of rotatable bonds is 5. The fourth-order valence-corrected chi connectivity index (χ4v) is 4.20. The third-order valence-electron chi connectivity index (χ3n) is 5.76. The number of piperidine rings is 1. The van der Waals surface area contributed by atoms with E-state index < -0.39 is 11.8 Å². The molecule has 3 amide bonds. The molecule has 0 spiro atoms. The van der Waals surface area contributed by atoms with Crippen LogP contribution >= 0.6 is 0 Å². The summed E-state index contributed by atoms with van der Waals surface area (Å²) in [6.07, 6.45) is 5.28. The molecular weight excluding hydrogens is 370 g/mol. The van der Waals surface area contributed by atoms with E-state index in [2.05, 4.69) is 29.3 Å². The number of likely N-dealkylation sites (tertiary alicyclic amines) is 1. The fraction of sp³-hybridized carbons (Fsp3) is 0.619. The molecule has 29 heavy (non-hydrogen) atoms. The zero-order valence-corrected chi connectivity index (χ0v) is 17.8. The van der Waals surface area contributed by atoms with E-state index in [0.717, 1.165) is 25.7 Å². The van der Waals surface area contributed by atoms with Crippen molar-refractivity contribution in [2.24, 2.45) is 22.6 Å². The van der Waals surface area contributed by atoms with Crippen LogP contribution in [0, 0.1) is 11.8 Å². The number of aliphatic imine (C=N–C) groups is 1. The van der Waals surface area contributed by atoms with Crippen molar-refractivity contribution in [1.82, 2.24) is 15.5 Å². The minimum Gasteiger partial charge on any atom is -0.384 e. The summed E-state index contributed by atoms with van der Waals surface area (Å²) < 4.78 is 0. The summed E-state index contributed by atoms with van der Waals surface area (Å²) in [5.74, 6) is -0.237. The van der Waals surface area contributed by atoms with Crippen LogP contribution in [0.4, 0.5) is 0 Å². The van der Waals surface area contributed by atoms with Crippen LogP contribution in [0.25, 0.3) is 0 Å². The molecule has 4 N–H and O–H groups in total. The Balaban J connectivity index is 2.03. The summed E-state index contributed by atoms with van der Waals surface area (Å²) >= 11 is 0. The third kappa shape index (κ3) is 5.92. The summed E-state index contributed by atoms with van der Waals surface area (Å²) in [5.41, 5.74) is 6.87. The summed E-state index contributed by atoms with van der Waals surface area (Å²) in [6, 6.07) is 0.215. The first-order valence-electron chi connectivity index (χ1n) is 10.1. The van der Waals surface area contributed by atoms with E-state index in [1.54, 1.807) is 24.8 Å². The number of nitrogens with two attached hydrogens (primary N) is 1. The van der Waals surface area contributed by atoms with E-state index >= 15 is 0 Å². The maximum Gasteiger partial charge on any atom is 0.313 e. The van der Waals surface area contributed by atoms with Gasteiger partial charge < -0.3 is 21.3 Å². The molecule has 1 aliphatic heterocycles. The zero-order chi connectivity index (χ0) is 21.7. The highest BCUT2D eigenvalue weighted by Gasteiger charge is 2.43. The highest BCUT2D eigenvalue weighted by atomic mass is 16.2. The van der Waals surface area contributed by atoms with Gasteiger partial charge in [-0.1, -0.05) is 6.92 Å². The molecule has 1 aliphatic carbocycles. The fourth-order valence-electron chi connectivity index (χ4n) is 4.20. The number of carbonyl (C=O) groups is 3. The SMILES string of the molecule is C=N/C(N)=C(C)\C=C(/C)NC(=O)C(=O)N1C[C@H](C)CC[C@@H]1[C@H]1C[C@H](NC(C)=O)C1. The Morgan fingerprint density at radius 3 is 2.41 bits per heavy atom. The van der Waals surface area contributed by atoms with E-state index in [9.17, 15) is 14.4 Å². The Hall–Kier alpha value is -2.64. The Labute approximate surface area is 172 Å². The lowest BCUT2D eigenvalue weighted by Gasteiger charge is -2.48. The van der Waals surface area contributed by atoms with Crippen molar-refractivity contribution in [3.05, 3.63) is 23.2 Å². The average Bonchev–Trinajstić information content (AvgIpc) is 2.62. The Kier molecular flexibility index (Phi) is 7.59. The highest BCUT2D eigenvalue weighted by molar-refractivity contribution is 6.35. The summed E-state index contributed by atoms with van der Waals surface area (Å²) in [7, 11) is 0. The van der Waals surface area contributed by atoms with Crippen molar-refractivity contribution >= 4 is 24.4 Å². The largest absolute Gasteiger partial charge is 0.384 e. The van der Waals surface area contributed by atoms with Crippen LogP contribution < -0.4 is 16.4 Å². The van der Waals surface area contributed by atoms with E-state index in [1.165, 1.54) is 6.92 Å². The van der Waals surface area contributed by atoms with Crippen molar-refractivity contribution in [2.75, 3.05) is 6.54 Å². The van der Waals surface area contributed by atoms with Crippen LogP contribution in [0.3, 0.4) is 0 Å². The molecule has 1 saturated carbocycles. The number of hydrogen-bond donors (Lipinski definition) is 3. The molecule has 0 aromatic carbocycles. The summed E-state index contributed by atoms with van der Waals surface area (Å²) in [5, 5.41) is 5.58. The molecule has 2 aliphatic rings. The summed E-state index contributed by atoms with van der Waals surface area (Å²) in [6.45, 7) is 11.0. The summed E-state index contributed by atoms with van der Waals surface area (Å²) in [4.78, 5) is 42.1. The van der Waals surface area contributed by atoms with Gasteiger partial charge in [0.25, 0.3) is 0 Å². The molecule has 2 atom stereocenters. The molecule has 160 valence electrons. The van der Waals surface area contributed by atoms with Crippen LogP contribution in [0.1, 0.15) is 53.4 Å². The van der Waals surface area contributed by atoms with Gasteiger partial charge in [0.1, 0.15) is 5.82 Å². The first-order valence-corrected chi connectivity index (χ1v) is 10.1. The van der Waals surface area contributed by atoms with E-state index in [-0.39, 0.29) is 23.8 Å². The van der Waals surface area contributed by atoms with Crippen molar-refractivity contribution in [2.45, 2.75) is 65.5 Å². The normalized spacial score (nSPS) is 28.0. The van der Waals surface area contributed by atoms with E-state index in [4.69, 9.17) is 5.73 Å². The molecule has 8 heteroatoms. The smallest absolute Gasteiger partial charge is 0.313 e. The monoisotopic (exact) mass is 403 g/mol. The number of carbonyl (C=O) groups excluding carboxylic acids is 3.